The highest BCUT2D eigenvalue weighted by Gasteiger charge is 2.54. The largest absolute Gasteiger partial charge is 0.299 e. The van der Waals surface area contributed by atoms with E-state index in [4.69, 9.17) is 0 Å². The van der Waals surface area contributed by atoms with Crippen molar-refractivity contribution in [3.63, 3.8) is 0 Å². The molecule has 0 aromatic carbocycles. The van der Waals surface area contributed by atoms with Crippen LogP contribution >= 0.6 is 21.6 Å². The van der Waals surface area contributed by atoms with Crippen LogP contribution < -0.4 is 0 Å². The third kappa shape index (κ3) is 3.43. The molecule has 4 rings (SSSR count). The molecule has 0 aromatic rings. The minimum absolute atomic E-state index is 0.172. The van der Waals surface area contributed by atoms with E-state index in [-0.39, 0.29) is 10.8 Å². The Morgan fingerprint density at radius 3 is 1.50 bits per heavy atom. The highest BCUT2D eigenvalue weighted by atomic mass is 33.1. The van der Waals surface area contributed by atoms with Gasteiger partial charge in [-0.15, -0.1) is 0 Å². The summed E-state index contributed by atoms with van der Waals surface area (Å²) < 4.78 is 0. The van der Waals surface area contributed by atoms with Crippen LogP contribution in [0.2, 0.25) is 0 Å². The second-order valence-electron chi connectivity index (χ2n) is 10.9. The molecule has 0 unspecified atom stereocenters. The van der Waals surface area contributed by atoms with Crippen LogP contribution in [-0.2, 0) is 9.59 Å². The Morgan fingerprint density at radius 1 is 0.714 bits per heavy atom. The van der Waals surface area contributed by atoms with Crippen molar-refractivity contribution in [1.82, 2.24) is 0 Å². The first-order valence-electron chi connectivity index (χ1n) is 11.6. The van der Waals surface area contributed by atoms with Gasteiger partial charge in [-0.25, -0.2) is 0 Å². The van der Waals surface area contributed by atoms with Crippen molar-refractivity contribution in [3.8, 4) is 0 Å². The van der Waals surface area contributed by atoms with Gasteiger partial charge in [0.1, 0.15) is 11.6 Å². The summed E-state index contributed by atoms with van der Waals surface area (Å²) in [6.07, 6.45) is 10.8. The number of carbonyl (C=O) groups is 2. The lowest BCUT2D eigenvalue weighted by Crippen LogP contribution is -2.51. The average molecular weight is 423 g/mol. The van der Waals surface area contributed by atoms with E-state index in [0.717, 1.165) is 38.5 Å². The summed E-state index contributed by atoms with van der Waals surface area (Å²) >= 11 is 0. The molecular weight excluding hydrogens is 384 g/mol. The zero-order valence-corrected chi connectivity index (χ0v) is 19.8. The van der Waals surface area contributed by atoms with Gasteiger partial charge >= 0.3 is 0 Å². The fraction of sp³-hybridized carbons (Fsp3) is 0.917. The molecular formula is C24H38O2S2. The minimum Gasteiger partial charge on any atom is -0.299 e. The molecule has 28 heavy (non-hydrogen) atoms. The highest BCUT2D eigenvalue weighted by molar-refractivity contribution is 8.77. The third-order valence-corrected chi connectivity index (χ3v) is 13.2. The van der Waals surface area contributed by atoms with Crippen LogP contribution in [0.5, 0.6) is 0 Å². The number of ketones is 2. The fourth-order valence-corrected chi connectivity index (χ4v) is 12.4. The van der Waals surface area contributed by atoms with E-state index in [0.29, 0.717) is 45.7 Å². The lowest BCUT2D eigenvalue weighted by molar-refractivity contribution is -0.133. The molecule has 0 radical (unpaired) electrons. The smallest absolute Gasteiger partial charge is 0.136 e. The molecule has 2 nitrogen and oxygen atoms in total. The van der Waals surface area contributed by atoms with Crippen LogP contribution in [0.25, 0.3) is 0 Å². The molecule has 0 spiro atoms. The summed E-state index contributed by atoms with van der Waals surface area (Å²) in [5.74, 6) is 3.01. The molecule has 4 aliphatic carbocycles. The second kappa shape index (κ2) is 7.94. The van der Waals surface area contributed by atoms with Gasteiger partial charge in [0.25, 0.3) is 0 Å². The standard InChI is InChI=1S/C24H38O2S2/c1-15-9-11-17-19(25)7-5-13-23(17,3)21(15)27-28-22-16(2)10-12-18-20(26)8-6-14-24(18,22)4/h15-18,21-22H,5-14H2,1-4H3/t15-,16-,17+,18+,21-,22-,23+,24+/m1/s1. The Hall–Kier alpha value is 0.0400. The molecule has 0 amide bonds. The van der Waals surface area contributed by atoms with Gasteiger partial charge in [-0.05, 0) is 74.0 Å². The fourth-order valence-electron chi connectivity index (χ4n) is 7.37. The predicted molar refractivity (Wildman–Crippen MR) is 120 cm³/mol. The first-order chi connectivity index (χ1) is 13.3. The van der Waals surface area contributed by atoms with Gasteiger partial charge in [0, 0.05) is 35.2 Å². The maximum absolute atomic E-state index is 12.7. The molecule has 4 heteroatoms. The molecule has 4 saturated carbocycles. The van der Waals surface area contributed by atoms with Crippen molar-refractivity contribution in [2.45, 2.75) is 102 Å². The van der Waals surface area contributed by atoms with Crippen molar-refractivity contribution < 1.29 is 9.59 Å². The van der Waals surface area contributed by atoms with Crippen molar-refractivity contribution in [2.75, 3.05) is 0 Å². The van der Waals surface area contributed by atoms with Crippen molar-refractivity contribution in [3.05, 3.63) is 0 Å². The quantitative estimate of drug-likeness (QED) is 0.473. The van der Waals surface area contributed by atoms with Crippen molar-refractivity contribution in [1.29, 1.82) is 0 Å². The van der Waals surface area contributed by atoms with Crippen LogP contribution in [-0.4, -0.2) is 22.1 Å². The molecule has 4 aliphatic rings. The number of hydrogen-bond acceptors (Lipinski definition) is 4. The van der Waals surface area contributed by atoms with E-state index < -0.39 is 0 Å². The number of fused-ring (bicyclic) bond motifs is 2. The molecule has 4 fully saturated rings. The number of carbonyl (C=O) groups excluding carboxylic acids is 2. The van der Waals surface area contributed by atoms with Gasteiger partial charge < -0.3 is 0 Å². The van der Waals surface area contributed by atoms with Gasteiger partial charge in [-0.2, -0.15) is 0 Å². The molecule has 0 aliphatic heterocycles. The summed E-state index contributed by atoms with van der Waals surface area (Å²) in [5, 5.41) is 1.13. The van der Waals surface area contributed by atoms with Gasteiger partial charge in [0.2, 0.25) is 0 Å². The Bertz CT molecular complexity index is 580. The van der Waals surface area contributed by atoms with Gasteiger partial charge in [-0.3, -0.25) is 9.59 Å². The molecule has 0 bridgehead atoms. The molecule has 0 saturated heterocycles. The maximum atomic E-state index is 12.7. The van der Waals surface area contributed by atoms with Gasteiger partial charge in [0.05, 0.1) is 0 Å². The van der Waals surface area contributed by atoms with Gasteiger partial charge in [-0.1, -0.05) is 49.3 Å². The van der Waals surface area contributed by atoms with Crippen LogP contribution in [0.4, 0.5) is 0 Å². The van der Waals surface area contributed by atoms with Crippen LogP contribution in [0.3, 0.4) is 0 Å². The first kappa shape index (κ1) is 21.3. The van der Waals surface area contributed by atoms with Gasteiger partial charge in [0.15, 0.2) is 0 Å². The Kier molecular flexibility index (Phi) is 6.04. The van der Waals surface area contributed by atoms with E-state index in [1.165, 1.54) is 25.7 Å². The predicted octanol–water partition coefficient (Wildman–Crippen LogP) is 6.72. The zero-order chi connectivity index (χ0) is 20.1. The average Bonchev–Trinajstić information content (AvgIpc) is 2.62. The summed E-state index contributed by atoms with van der Waals surface area (Å²) in [4.78, 5) is 25.3. The Balaban J connectivity index is 1.53. The van der Waals surface area contributed by atoms with E-state index in [9.17, 15) is 9.59 Å². The van der Waals surface area contributed by atoms with E-state index in [1.54, 1.807) is 0 Å². The lowest BCUT2D eigenvalue weighted by Gasteiger charge is -2.54. The summed E-state index contributed by atoms with van der Waals surface area (Å²) in [5.41, 5.74) is 0.344. The number of rotatable bonds is 3. The van der Waals surface area contributed by atoms with Crippen LogP contribution in [0, 0.1) is 34.5 Å². The zero-order valence-electron chi connectivity index (χ0n) is 18.2. The first-order valence-corrected chi connectivity index (χ1v) is 13.9. The third-order valence-electron chi connectivity index (χ3n) is 9.06. The highest BCUT2D eigenvalue weighted by Crippen LogP contribution is 2.62. The van der Waals surface area contributed by atoms with E-state index in [1.807, 2.05) is 0 Å². The Labute approximate surface area is 179 Å². The SMILES string of the molecule is C[C@@H]1CC[C@H]2C(=O)CCC[C@]2(C)[C@@H]1SS[C@@H]1[C@H](C)CC[C@H]2C(=O)CCC[C@]12C. The van der Waals surface area contributed by atoms with Crippen LogP contribution in [0.15, 0.2) is 0 Å². The molecule has 0 N–H and O–H groups in total. The molecule has 158 valence electrons. The van der Waals surface area contributed by atoms with Crippen molar-refractivity contribution in [2.24, 2.45) is 34.5 Å². The normalized spacial score (nSPS) is 49.4. The summed E-state index contributed by atoms with van der Waals surface area (Å²) in [6, 6.07) is 0. The minimum atomic E-state index is 0.172. The maximum Gasteiger partial charge on any atom is 0.136 e. The molecule has 0 aromatic heterocycles. The lowest BCUT2D eigenvalue weighted by atomic mass is 9.57. The number of hydrogen-bond donors (Lipinski definition) is 0. The Morgan fingerprint density at radius 2 is 1.11 bits per heavy atom. The topological polar surface area (TPSA) is 34.1 Å². The summed E-state index contributed by atoms with van der Waals surface area (Å²) in [6.45, 7) is 9.67. The monoisotopic (exact) mass is 422 g/mol. The molecule has 0 heterocycles. The number of Topliss-reactive ketones (excluding diaryl/α,β-unsaturated/α-hetero) is 2. The summed E-state index contributed by atoms with van der Waals surface area (Å²) in [7, 11) is 4.22. The second-order valence-corrected chi connectivity index (χ2v) is 13.5. The molecule has 8 atom stereocenters. The van der Waals surface area contributed by atoms with Crippen LogP contribution in [0.1, 0.15) is 91.9 Å². The van der Waals surface area contributed by atoms with Crippen molar-refractivity contribution >= 4 is 33.2 Å². The van der Waals surface area contributed by atoms with E-state index >= 15 is 0 Å². The van der Waals surface area contributed by atoms with E-state index in [2.05, 4.69) is 49.3 Å².